The number of hydrogen-bond donors (Lipinski definition) is 4. The smallest absolute Gasteiger partial charge is 0.255 e. The van der Waals surface area contributed by atoms with Gasteiger partial charge in [0.05, 0.1) is 13.2 Å². The number of nitrogen functional groups attached to an aromatic ring is 2. The highest BCUT2D eigenvalue weighted by Crippen LogP contribution is 2.20. The van der Waals surface area contributed by atoms with Gasteiger partial charge in [-0.15, -0.1) is 0 Å². The van der Waals surface area contributed by atoms with Crippen LogP contribution in [0.25, 0.3) is 0 Å². The first kappa shape index (κ1) is 22.8. The molecule has 0 radical (unpaired) electrons. The van der Waals surface area contributed by atoms with Gasteiger partial charge in [-0.3, -0.25) is 9.59 Å². The number of benzene rings is 3. The molecule has 0 heterocycles. The van der Waals surface area contributed by atoms with E-state index in [0.29, 0.717) is 47.1 Å². The summed E-state index contributed by atoms with van der Waals surface area (Å²) >= 11 is 0. The number of nitrogens with two attached hydrogens (primary N) is 2. The fourth-order valence-electron chi connectivity index (χ4n) is 3.10. The summed E-state index contributed by atoms with van der Waals surface area (Å²) in [7, 11) is 3.14. The summed E-state index contributed by atoms with van der Waals surface area (Å²) in [4.78, 5) is 25.1. The molecule has 0 unspecified atom stereocenters. The Hall–Kier alpha value is -3.88. The summed E-state index contributed by atoms with van der Waals surface area (Å²) < 4.78 is 10.2. The second kappa shape index (κ2) is 10.4. The highest BCUT2D eigenvalue weighted by Gasteiger charge is 2.11. The summed E-state index contributed by atoms with van der Waals surface area (Å²) in [6.07, 6.45) is 0. The molecule has 0 aromatic heterocycles. The van der Waals surface area contributed by atoms with Crippen molar-refractivity contribution in [1.82, 2.24) is 0 Å². The molecule has 32 heavy (non-hydrogen) atoms. The molecule has 0 aliphatic heterocycles. The number of carbonyl (C=O) groups excluding carboxylic acids is 2. The van der Waals surface area contributed by atoms with Crippen LogP contribution in [0.5, 0.6) is 0 Å². The number of anilines is 4. The molecule has 0 bridgehead atoms. The average Bonchev–Trinajstić information content (AvgIpc) is 2.78. The topological polar surface area (TPSA) is 129 Å². The monoisotopic (exact) mass is 434 g/mol. The molecule has 6 N–H and O–H groups in total. The lowest BCUT2D eigenvalue weighted by molar-refractivity contribution is 0.101. The van der Waals surface area contributed by atoms with Crippen LogP contribution in [-0.2, 0) is 22.7 Å². The molecule has 3 rings (SSSR count). The van der Waals surface area contributed by atoms with E-state index in [0.717, 1.165) is 11.1 Å². The Kier molecular flexibility index (Phi) is 7.43. The first-order valence-electron chi connectivity index (χ1n) is 9.88. The van der Waals surface area contributed by atoms with Crippen LogP contribution >= 0.6 is 0 Å². The molecule has 0 saturated carbocycles. The van der Waals surface area contributed by atoms with Crippen molar-refractivity contribution in [2.24, 2.45) is 0 Å². The summed E-state index contributed by atoms with van der Waals surface area (Å²) in [5, 5.41) is 5.65. The number of rotatable bonds is 8. The lowest BCUT2D eigenvalue weighted by Gasteiger charge is -2.11. The van der Waals surface area contributed by atoms with Gasteiger partial charge in [-0.25, -0.2) is 0 Å². The molecular formula is C24H26N4O4. The van der Waals surface area contributed by atoms with Crippen LogP contribution in [0.1, 0.15) is 31.8 Å². The highest BCUT2D eigenvalue weighted by molar-refractivity contribution is 6.06. The van der Waals surface area contributed by atoms with Crippen LogP contribution < -0.4 is 22.1 Å². The van der Waals surface area contributed by atoms with Crippen molar-refractivity contribution in [2.45, 2.75) is 13.2 Å². The van der Waals surface area contributed by atoms with Crippen molar-refractivity contribution >= 4 is 34.6 Å². The fraction of sp³-hybridized carbons (Fsp3) is 0.167. The van der Waals surface area contributed by atoms with Gasteiger partial charge in [-0.2, -0.15) is 0 Å². The third-order valence-electron chi connectivity index (χ3n) is 4.81. The van der Waals surface area contributed by atoms with Gasteiger partial charge in [-0.1, -0.05) is 0 Å². The quantitative estimate of drug-likeness (QED) is 0.401. The number of hydrogen-bond acceptors (Lipinski definition) is 6. The molecule has 8 nitrogen and oxygen atoms in total. The maximum atomic E-state index is 12.6. The fourth-order valence-corrected chi connectivity index (χ4v) is 3.10. The van der Waals surface area contributed by atoms with Gasteiger partial charge in [0, 0.05) is 59.2 Å². The standard InChI is InChI=1S/C24H26N4O4/c1-31-13-17-11-15(3-9-21(17)25)23(29)27-19-5-7-20(8-6-19)28-24(30)16-4-10-22(26)18(12-16)14-32-2/h3-12H,13-14,25-26H2,1-2H3,(H,27,29)(H,28,30). The Morgan fingerprint density at radius 3 is 1.41 bits per heavy atom. The van der Waals surface area contributed by atoms with E-state index in [1.807, 2.05) is 0 Å². The normalized spacial score (nSPS) is 10.6. The van der Waals surface area contributed by atoms with Gasteiger partial charge < -0.3 is 31.6 Å². The SMILES string of the molecule is COCc1cc(C(=O)Nc2ccc(NC(=O)c3ccc(N)c(COC)c3)cc2)ccc1N. The number of nitrogens with one attached hydrogen (secondary N) is 2. The van der Waals surface area contributed by atoms with Gasteiger partial charge in [0.2, 0.25) is 0 Å². The maximum absolute atomic E-state index is 12.6. The zero-order chi connectivity index (χ0) is 23.1. The molecule has 8 heteroatoms. The third-order valence-corrected chi connectivity index (χ3v) is 4.81. The zero-order valence-electron chi connectivity index (χ0n) is 18.0. The van der Waals surface area contributed by atoms with Crippen LogP contribution in [-0.4, -0.2) is 26.0 Å². The second-order valence-electron chi connectivity index (χ2n) is 7.18. The summed E-state index contributed by atoms with van der Waals surface area (Å²) in [6.45, 7) is 0.643. The minimum Gasteiger partial charge on any atom is -0.398 e. The van der Waals surface area contributed by atoms with Gasteiger partial charge in [0.1, 0.15) is 0 Å². The molecule has 0 atom stereocenters. The molecule has 0 fully saturated rings. The van der Waals surface area contributed by atoms with Crippen molar-refractivity contribution in [3.05, 3.63) is 82.9 Å². The molecular weight excluding hydrogens is 408 g/mol. The van der Waals surface area contributed by atoms with E-state index in [1.54, 1.807) is 74.9 Å². The van der Waals surface area contributed by atoms with E-state index in [4.69, 9.17) is 20.9 Å². The number of methoxy groups -OCH3 is 2. The van der Waals surface area contributed by atoms with Gasteiger partial charge in [-0.05, 0) is 60.7 Å². The summed E-state index contributed by atoms with van der Waals surface area (Å²) in [5.41, 5.74) is 16.5. The van der Waals surface area contributed by atoms with E-state index in [9.17, 15) is 9.59 Å². The minimum absolute atomic E-state index is 0.272. The Labute approximate surface area is 186 Å². The summed E-state index contributed by atoms with van der Waals surface area (Å²) in [5.74, 6) is -0.543. The first-order chi connectivity index (χ1) is 15.4. The maximum Gasteiger partial charge on any atom is 0.255 e. The lowest BCUT2D eigenvalue weighted by Crippen LogP contribution is -2.14. The van der Waals surface area contributed by atoms with E-state index in [-0.39, 0.29) is 11.8 Å². The molecule has 0 spiro atoms. The largest absolute Gasteiger partial charge is 0.398 e. The number of ether oxygens (including phenoxy) is 2. The van der Waals surface area contributed by atoms with Crippen molar-refractivity contribution in [1.29, 1.82) is 0 Å². The third kappa shape index (κ3) is 5.63. The van der Waals surface area contributed by atoms with Crippen molar-refractivity contribution in [3.63, 3.8) is 0 Å². The molecule has 0 saturated heterocycles. The number of carbonyl (C=O) groups is 2. The van der Waals surface area contributed by atoms with Crippen molar-refractivity contribution in [2.75, 3.05) is 36.3 Å². The predicted molar refractivity (Wildman–Crippen MR) is 125 cm³/mol. The number of amides is 2. The van der Waals surface area contributed by atoms with Crippen LogP contribution in [0.4, 0.5) is 22.7 Å². The molecule has 2 amide bonds. The van der Waals surface area contributed by atoms with E-state index in [1.165, 1.54) is 0 Å². The zero-order valence-corrected chi connectivity index (χ0v) is 18.0. The molecule has 3 aromatic rings. The average molecular weight is 434 g/mol. The van der Waals surface area contributed by atoms with E-state index >= 15 is 0 Å². The Morgan fingerprint density at radius 1 is 0.688 bits per heavy atom. The first-order valence-corrected chi connectivity index (χ1v) is 9.88. The predicted octanol–water partition coefficient (Wildman–Crippen LogP) is 3.65. The molecule has 0 aliphatic carbocycles. The van der Waals surface area contributed by atoms with E-state index in [2.05, 4.69) is 10.6 Å². The summed E-state index contributed by atoms with van der Waals surface area (Å²) in [6, 6.07) is 16.9. The van der Waals surface area contributed by atoms with Gasteiger partial charge in [0.25, 0.3) is 11.8 Å². The van der Waals surface area contributed by atoms with Gasteiger partial charge >= 0.3 is 0 Å². The van der Waals surface area contributed by atoms with Crippen LogP contribution in [0.2, 0.25) is 0 Å². The van der Waals surface area contributed by atoms with E-state index < -0.39 is 0 Å². The van der Waals surface area contributed by atoms with Crippen LogP contribution in [0.15, 0.2) is 60.7 Å². The second-order valence-corrected chi connectivity index (χ2v) is 7.18. The minimum atomic E-state index is -0.272. The van der Waals surface area contributed by atoms with Crippen molar-refractivity contribution < 1.29 is 19.1 Å². The molecule has 0 aliphatic rings. The highest BCUT2D eigenvalue weighted by atomic mass is 16.5. The Morgan fingerprint density at radius 2 is 1.06 bits per heavy atom. The van der Waals surface area contributed by atoms with Crippen LogP contribution in [0, 0.1) is 0 Å². The molecule has 3 aromatic carbocycles. The molecule has 166 valence electrons. The van der Waals surface area contributed by atoms with Gasteiger partial charge in [0.15, 0.2) is 0 Å². The Balaban J connectivity index is 1.65. The van der Waals surface area contributed by atoms with Crippen molar-refractivity contribution in [3.8, 4) is 0 Å². The Bertz CT molecular complexity index is 1020. The lowest BCUT2D eigenvalue weighted by atomic mass is 10.1. The van der Waals surface area contributed by atoms with Crippen LogP contribution in [0.3, 0.4) is 0 Å².